The van der Waals surface area contributed by atoms with E-state index in [4.69, 9.17) is 0 Å². The Morgan fingerprint density at radius 2 is 2.08 bits per heavy atom. The summed E-state index contributed by atoms with van der Waals surface area (Å²) >= 11 is 3.11. The molecule has 0 spiro atoms. The van der Waals surface area contributed by atoms with Crippen molar-refractivity contribution in [2.24, 2.45) is 4.99 Å². The highest BCUT2D eigenvalue weighted by Crippen LogP contribution is 2.23. The van der Waals surface area contributed by atoms with E-state index in [9.17, 15) is 4.79 Å². The monoisotopic (exact) mass is 367 g/mol. The first-order chi connectivity index (χ1) is 12.2. The summed E-state index contributed by atoms with van der Waals surface area (Å²) in [6, 6.07) is 11.9. The summed E-state index contributed by atoms with van der Waals surface area (Å²) in [7, 11) is 0. The van der Waals surface area contributed by atoms with Gasteiger partial charge in [0, 0.05) is 12.1 Å². The second kappa shape index (κ2) is 6.54. The summed E-state index contributed by atoms with van der Waals surface area (Å²) in [5.41, 5.74) is 5.80. The van der Waals surface area contributed by atoms with Crippen LogP contribution in [0.4, 0.5) is 0 Å². The second-order valence-electron chi connectivity index (χ2n) is 5.70. The van der Waals surface area contributed by atoms with Crippen molar-refractivity contribution in [3.63, 3.8) is 0 Å². The fourth-order valence-corrected chi connectivity index (χ4v) is 4.86. The Bertz CT molecular complexity index is 1150. The number of nitrogens with zero attached hydrogens (tertiary/aromatic N) is 3. The first-order valence-corrected chi connectivity index (χ1v) is 9.94. The normalized spacial score (nSPS) is 12.3. The molecule has 126 valence electrons. The molecule has 1 amide bonds. The minimum Gasteiger partial charge on any atom is -0.316 e. The zero-order valence-electron chi connectivity index (χ0n) is 14.0. The molecule has 4 nitrogen and oxygen atoms in total. The van der Waals surface area contributed by atoms with E-state index in [1.807, 2.05) is 12.1 Å². The van der Waals surface area contributed by atoms with Crippen LogP contribution in [0.5, 0.6) is 0 Å². The van der Waals surface area contributed by atoms with Crippen LogP contribution >= 0.6 is 22.7 Å². The molecule has 6 heteroatoms. The summed E-state index contributed by atoms with van der Waals surface area (Å²) in [4.78, 5) is 22.1. The highest BCUT2D eigenvalue weighted by molar-refractivity contribution is 7.17. The minimum absolute atomic E-state index is 0.206. The Hall–Kier alpha value is -2.31. The molecule has 25 heavy (non-hydrogen) atoms. The van der Waals surface area contributed by atoms with Crippen molar-refractivity contribution in [1.29, 1.82) is 0 Å². The predicted molar refractivity (Wildman–Crippen MR) is 104 cm³/mol. The molecule has 2 aromatic heterocycles. The molecule has 0 unspecified atom stereocenters. The average molecular weight is 367 g/mol. The number of carbonyl (C=O) groups is 1. The van der Waals surface area contributed by atoms with Gasteiger partial charge >= 0.3 is 0 Å². The molecule has 0 fully saturated rings. The number of hydrogen-bond donors (Lipinski definition) is 0. The summed E-state index contributed by atoms with van der Waals surface area (Å²) in [6.45, 7) is 5.03. The number of aryl methyl sites for hydroxylation is 2. The van der Waals surface area contributed by atoms with Crippen molar-refractivity contribution < 1.29 is 4.79 Å². The molecule has 0 atom stereocenters. The summed E-state index contributed by atoms with van der Waals surface area (Å²) in [5, 5.41) is 0. The van der Waals surface area contributed by atoms with E-state index in [0.29, 0.717) is 5.56 Å². The van der Waals surface area contributed by atoms with Crippen LogP contribution in [0.2, 0.25) is 0 Å². The molecule has 0 radical (unpaired) electrons. The van der Waals surface area contributed by atoms with Gasteiger partial charge in [0.1, 0.15) is 0 Å². The number of benzene rings is 2. The molecule has 0 aliphatic rings. The number of fused-ring (bicyclic) bond motifs is 2. The highest BCUT2D eigenvalue weighted by Gasteiger charge is 2.11. The van der Waals surface area contributed by atoms with Crippen LogP contribution in [0.1, 0.15) is 29.8 Å². The molecule has 4 rings (SSSR count). The lowest BCUT2D eigenvalue weighted by Gasteiger charge is -2.05. The third-order valence-corrected chi connectivity index (χ3v) is 6.09. The smallest absolute Gasteiger partial charge is 0.279 e. The van der Waals surface area contributed by atoms with Gasteiger partial charge in [-0.2, -0.15) is 4.99 Å². The zero-order chi connectivity index (χ0) is 17.4. The first kappa shape index (κ1) is 16.2. The van der Waals surface area contributed by atoms with Gasteiger partial charge in [-0.1, -0.05) is 30.4 Å². The lowest BCUT2D eigenvalue weighted by molar-refractivity contribution is 0.0998. The van der Waals surface area contributed by atoms with Crippen LogP contribution in [0, 0.1) is 0 Å². The van der Waals surface area contributed by atoms with Crippen LogP contribution in [0.25, 0.3) is 20.4 Å². The number of amides is 1. The lowest BCUT2D eigenvalue weighted by Crippen LogP contribution is -2.16. The standard InChI is InChI=1S/C19H17N3OS2/c1-3-12-6-5-7-15-17(12)22(4-2)19(25-15)21-18(23)13-8-9-14-16(10-13)24-11-20-14/h5-11H,3-4H2,1-2H3. The number of thiazole rings is 2. The molecule has 0 aliphatic heterocycles. The fraction of sp³-hybridized carbons (Fsp3) is 0.211. The maximum Gasteiger partial charge on any atom is 0.279 e. The van der Waals surface area contributed by atoms with E-state index >= 15 is 0 Å². The van der Waals surface area contributed by atoms with E-state index in [-0.39, 0.29) is 5.91 Å². The quantitative estimate of drug-likeness (QED) is 0.530. The van der Waals surface area contributed by atoms with Gasteiger partial charge in [-0.25, -0.2) is 4.98 Å². The van der Waals surface area contributed by atoms with Crippen molar-refractivity contribution in [3.8, 4) is 0 Å². The van der Waals surface area contributed by atoms with Crippen molar-refractivity contribution >= 4 is 49.0 Å². The van der Waals surface area contributed by atoms with Crippen LogP contribution in [0.3, 0.4) is 0 Å². The van der Waals surface area contributed by atoms with Crippen LogP contribution in [0.15, 0.2) is 46.9 Å². The Balaban J connectivity index is 1.86. The number of carbonyl (C=O) groups excluding carboxylic acids is 1. The number of hydrogen-bond acceptors (Lipinski definition) is 4. The van der Waals surface area contributed by atoms with Crippen molar-refractivity contribution in [2.45, 2.75) is 26.8 Å². The van der Waals surface area contributed by atoms with Crippen molar-refractivity contribution in [3.05, 3.63) is 57.8 Å². The molecule has 2 heterocycles. The fourth-order valence-electron chi connectivity index (χ4n) is 3.01. The molecule has 0 bridgehead atoms. The summed E-state index contributed by atoms with van der Waals surface area (Å²) in [6.07, 6.45) is 0.962. The third kappa shape index (κ3) is 2.81. The molecule has 0 aliphatic carbocycles. The molecule has 2 aromatic carbocycles. The molecular weight excluding hydrogens is 350 g/mol. The Kier molecular flexibility index (Phi) is 4.23. The average Bonchev–Trinajstić information content (AvgIpc) is 3.24. The largest absolute Gasteiger partial charge is 0.316 e. The van der Waals surface area contributed by atoms with Crippen molar-refractivity contribution in [2.75, 3.05) is 0 Å². The molecule has 0 N–H and O–H groups in total. The zero-order valence-corrected chi connectivity index (χ0v) is 15.7. The van der Waals surface area contributed by atoms with Gasteiger partial charge in [-0.3, -0.25) is 4.79 Å². The number of para-hydroxylation sites is 1. The van der Waals surface area contributed by atoms with E-state index in [0.717, 1.165) is 28.0 Å². The predicted octanol–water partition coefficient (Wildman–Crippen LogP) is 4.64. The Labute approximate surface area is 153 Å². The maximum atomic E-state index is 12.7. The van der Waals surface area contributed by atoms with E-state index in [1.54, 1.807) is 22.9 Å². The summed E-state index contributed by atoms with van der Waals surface area (Å²) in [5.74, 6) is -0.206. The van der Waals surface area contributed by atoms with E-state index < -0.39 is 0 Å². The minimum atomic E-state index is -0.206. The second-order valence-corrected chi connectivity index (χ2v) is 7.59. The van der Waals surface area contributed by atoms with Gasteiger partial charge < -0.3 is 4.57 Å². The van der Waals surface area contributed by atoms with Crippen LogP contribution in [-0.4, -0.2) is 15.5 Å². The van der Waals surface area contributed by atoms with Crippen LogP contribution < -0.4 is 4.80 Å². The Morgan fingerprint density at radius 1 is 1.20 bits per heavy atom. The third-order valence-electron chi connectivity index (χ3n) is 4.26. The number of aromatic nitrogens is 2. The Morgan fingerprint density at radius 3 is 2.88 bits per heavy atom. The van der Waals surface area contributed by atoms with Gasteiger partial charge in [0.2, 0.25) is 0 Å². The topological polar surface area (TPSA) is 47.2 Å². The van der Waals surface area contributed by atoms with Gasteiger partial charge in [-0.15, -0.1) is 11.3 Å². The van der Waals surface area contributed by atoms with Gasteiger partial charge in [0.25, 0.3) is 5.91 Å². The first-order valence-electron chi connectivity index (χ1n) is 8.24. The van der Waals surface area contributed by atoms with Gasteiger partial charge in [-0.05, 0) is 43.2 Å². The summed E-state index contributed by atoms with van der Waals surface area (Å²) < 4.78 is 4.32. The number of rotatable bonds is 3. The van der Waals surface area contributed by atoms with E-state index in [1.165, 1.54) is 27.1 Å². The SMILES string of the molecule is CCc1cccc2sc(=NC(=O)c3ccc4ncsc4c3)n(CC)c12. The molecule has 0 saturated carbocycles. The highest BCUT2D eigenvalue weighted by atomic mass is 32.1. The molecule has 0 saturated heterocycles. The van der Waals surface area contributed by atoms with Gasteiger partial charge in [0.05, 0.1) is 25.9 Å². The maximum absolute atomic E-state index is 12.7. The van der Waals surface area contributed by atoms with E-state index in [2.05, 4.69) is 46.6 Å². The van der Waals surface area contributed by atoms with Crippen molar-refractivity contribution in [1.82, 2.24) is 9.55 Å². The van der Waals surface area contributed by atoms with Gasteiger partial charge in [0.15, 0.2) is 4.80 Å². The lowest BCUT2D eigenvalue weighted by atomic mass is 10.1. The molecule has 4 aromatic rings. The molecular formula is C19H17N3OS2. The van der Waals surface area contributed by atoms with Crippen LogP contribution in [-0.2, 0) is 13.0 Å².